The van der Waals surface area contributed by atoms with E-state index < -0.39 is 16.0 Å². The third-order valence-corrected chi connectivity index (χ3v) is 7.42. The molecule has 0 bridgehead atoms. The standard InChI is InChI=1S/C20H22FN3O4S/c21-18-6-2-1-4-16(18)15-23-12-13-28-20(19(23)25)7-10-24(11-8-20)29(26,27)17-5-3-9-22-14-17/h1-6,9,14H,7-8,10-13,15H2. The number of rotatable bonds is 4. The molecule has 1 spiro atoms. The van der Waals surface area contributed by atoms with Crippen LogP contribution < -0.4 is 0 Å². The minimum Gasteiger partial charge on any atom is -0.593 e. The summed E-state index contributed by atoms with van der Waals surface area (Å²) in [5.74, 6) is -0.552. The van der Waals surface area contributed by atoms with Crippen molar-refractivity contribution in [3.8, 4) is 0 Å². The van der Waals surface area contributed by atoms with Gasteiger partial charge in [0.2, 0.25) is 0 Å². The number of amides is 1. The van der Waals surface area contributed by atoms with E-state index in [0.29, 0.717) is 18.7 Å². The molecule has 0 radical (unpaired) electrons. The Kier molecular flexibility index (Phi) is 5.48. The first-order chi connectivity index (χ1) is 13.9. The van der Waals surface area contributed by atoms with Crippen molar-refractivity contribution in [2.24, 2.45) is 0 Å². The Balaban J connectivity index is 1.46. The number of pyridine rings is 1. The first kappa shape index (κ1) is 20.1. The third-order valence-electron chi connectivity index (χ3n) is 5.54. The molecule has 7 nitrogen and oxygen atoms in total. The number of nitrogens with zero attached hydrogens (tertiary/aromatic N) is 3. The van der Waals surface area contributed by atoms with Crippen LogP contribution in [0.5, 0.6) is 0 Å². The van der Waals surface area contributed by atoms with Crippen molar-refractivity contribution in [1.82, 2.24) is 14.2 Å². The Labute approximate surface area is 169 Å². The molecule has 0 N–H and O–H groups in total. The average Bonchev–Trinajstić information content (AvgIpc) is 2.74. The molecule has 0 aliphatic carbocycles. The highest BCUT2D eigenvalue weighted by molar-refractivity contribution is 7.95. The molecule has 154 valence electrons. The zero-order chi connectivity index (χ0) is 20.5. The first-order valence-electron chi connectivity index (χ1n) is 9.49. The minimum atomic E-state index is -3.66. The summed E-state index contributed by atoms with van der Waals surface area (Å²) in [7, 11) is -3.66. The molecule has 2 aromatic rings. The fraction of sp³-hybridized carbons (Fsp3) is 0.400. The van der Waals surface area contributed by atoms with Crippen LogP contribution in [0.1, 0.15) is 18.4 Å². The van der Waals surface area contributed by atoms with Crippen LogP contribution >= 0.6 is 0 Å². The molecule has 2 saturated heterocycles. The van der Waals surface area contributed by atoms with Crippen molar-refractivity contribution in [2.45, 2.75) is 29.9 Å². The van der Waals surface area contributed by atoms with E-state index in [2.05, 4.69) is 4.98 Å². The molecule has 2 aliphatic heterocycles. The SMILES string of the molecule is O=C1N(Cc2ccccc2F)CCOC12CCN([S+](=O)([O-])c1cccnc1)CC2. The quantitative estimate of drug-likeness (QED) is 0.708. The van der Waals surface area contributed by atoms with Gasteiger partial charge in [-0.25, -0.2) is 4.39 Å². The van der Waals surface area contributed by atoms with Crippen LogP contribution in [0.4, 0.5) is 4.39 Å². The molecule has 9 heteroatoms. The van der Waals surface area contributed by atoms with Gasteiger partial charge < -0.3 is 14.2 Å². The average molecular weight is 419 g/mol. The van der Waals surface area contributed by atoms with Crippen molar-refractivity contribution in [3.05, 3.63) is 60.2 Å². The Morgan fingerprint density at radius 1 is 1.17 bits per heavy atom. The lowest BCUT2D eigenvalue weighted by molar-refractivity contribution is -0.179. The maximum Gasteiger partial charge on any atom is 0.255 e. The summed E-state index contributed by atoms with van der Waals surface area (Å²) in [5, 5.41) is 0. The maximum absolute atomic E-state index is 14.0. The van der Waals surface area contributed by atoms with E-state index in [9.17, 15) is 17.9 Å². The molecule has 1 amide bonds. The topological polar surface area (TPSA) is 85.8 Å². The number of sulfonamides is 1. The smallest absolute Gasteiger partial charge is 0.255 e. The van der Waals surface area contributed by atoms with E-state index in [1.807, 2.05) is 0 Å². The Morgan fingerprint density at radius 3 is 2.62 bits per heavy atom. The highest BCUT2D eigenvalue weighted by Gasteiger charge is 2.50. The van der Waals surface area contributed by atoms with Crippen LogP contribution in [0, 0.1) is 5.82 Å². The molecule has 4 rings (SSSR count). The van der Waals surface area contributed by atoms with E-state index in [-0.39, 0.29) is 49.1 Å². The summed E-state index contributed by atoms with van der Waals surface area (Å²) in [6, 6.07) is 9.46. The summed E-state index contributed by atoms with van der Waals surface area (Å²) in [6.45, 7) is 1.25. The van der Waals surface area contributed by atoms with Crippen molar-refractivity contribution >= 4 is 16.3 Å². The molecule has 1 unspecified atom stereocenters. The normalized spacial score (nSPS) is 21.9. The van der Waals surface area contributed by atoms with Gasteiger partial charge in [0.25, 0.3) is 5.91 Å². The largest absolute Gasteiger partial charge is 0.593 e. The second kappa shape index (κ2) is 7.91. The number of ether oxygens (including phenoxy) is 1. The molecule has 29 heavy (non-hydrogen) atoms. The van der Waals surface area contributed by atoms with E-state index in [1.165, 1.54) is 28.8 Å². The molecule has 0 saturated carbocycles. The Hall–Kier alpha value is -2.20. The number of piperidine rings is 1. The monoisotopic (exact) mass is 419 g/mol. The molecular weight excluding hydrogens is 397 g/mol. The summed E-state index contributed by atoms with van der Waals surface area (Å²) in [4.78, 5) is 18.8. The van der Waals surface area contributed by atoms with Gasteiger partial charge >= 0.3 is 0 Å². The number of benzene rings is 1. The van der Waals surface area contributed by atoms with Gasteiger partial charge in [-0.2, -0.15) is 0 Å². The predicted molar refractivity (Wildman–Crippen MR) is 103 cm³/mol. The predicted octanol–water partition coefficient (Wildman–Crippen LogP) is 2.02. The van der Waals surface area contributed by atoms with Gasteiger partial charge in [0, 0.05) is 50.8 Å². The van der Waals surface area contributed by atoms with E-state index in [1.54, 1.807) is 29.2 Å². The van der Waals surface area contributed by atoms with Crippen molar-refractivity contribution in [1.29, 1.82) is 0 Å². The summed E-state index contributed by atoms with van der Waals surface area (Å²) >= 11 is 0. The molecule has 2 fully saturated rings. The fourth-order valence-corrected chi connectivity index (χ4v) is 5.29. The number of morpholine rings is 1. The molecular formula is C20H22FN3O4S. The van der Waals surface area contributed by atoms with Gasteiger partial charge in [-0.1, -0.05) is 22.4 Å². The maximum atomic E-state index is 14.0. The summed E-state index contributed by atoms with van der Waals surface area (Å²) in [6.07, 6.45) is 3.36. The van der Waals surface area contributed by atoms with Gasteiger partial charge in [0.05, 0.1) is 12.8 Å². The van der Waals surface area contributed by atoms with E-state index in [0.717, 1.165) is 0 Å². The zero-order valence-corrected chi connectivity index (χ0v) is 16.6. The first-order valence-corrected chi connectivity index (χ1v) is 10.9. The van der Waals surface area contributed by atoms with Gasteiger partial charge in [-0.15, -0.1) is 4.31 Å². The minimum absolute atomic E-state index is 0.132. The molecule has 1 aromatic heterocycles. The van der Waals surface area contributed by atoms with Crippen LogP contribution in [0.25, 0.3) is 0 Å². The van der Waals surface area contributed by atoms with Crippen LogP contribution in [0.3, 0.4) is 0 Å². The van der Waals surface area contributed by atoms with E-state index >= 15 is 0 Å². The summed E-state index contributed by atoms with van der Waals surface area (Å²) in [5.41, 5.74) is -0.598. The fourth-order valence-electron chi connectivity index (χ4n) is 3.88. The number of hydrogen-bond donors (Lipinski definition) is 0. The van der Waals surface area contributed by atoms with Gasteiger partial charge in [-0.3, -0.25) is 9.78 Å². The van der Waals surface area contributed by atoms with Crippen LogP contribution in [-0.4, -0.2) is 56.5 Å². The second-order valence-corrected chi connectivity index (χ2v) is 9.19. The molecule has 3 heterocycles. The number of carbonyl (C=O) groups excluding carboxylic acids is 1. The van der Waals surface area contributed by atoms with Crippen LogP contribution in [0.2, 0.25) is 0 Å². The van der Waals surface area contributed by atoms with Gasteiger partial charge in [0.1, 0.15) is 11.4 Å². The van der Waals surface area contributed by atoms with Crippen molar-refractivity contribution in [2.75, 3.05) is 26.2 Å². The second-order valence-electron chi connectivity index (χ2n) is 7.25. The molecule has 2 aliphatic rings. The number of aromatic nitrogens is 1. The van der Waals surface area contributed by atoms with Crippen molar-refractivity contribution < 1.29 is 22.7 Å². The van der Waals surface area contributed by atoms with Crippen molar-refractivity contribution in [3.63, 3.8) is 0 Å². The lowest BCUT2D eigenvalue weighted by Gasteiger charge is -2.45. The highest BCUT2D eigenvalue weighted by atomic mass is 32.3. The Bertz CT molecular complexity index is 934. The number of halogens is 1. The van der Waals surface area contributed by atoms with E-state index in [4.69, 9.17) is 4.74 Å². The number of carbonyl (C=O) groups is 1. The molecule has 1 atom stereocenters. The highest BCUT2D eigenvalue weighted by Crippen LogP contribution is 2.35. The lowest BCUT2D eigenvalue weighted by Crippen LogP contribution is -2.61. The Morgan fingerprint density at radius 2 is 1.93 bits per heavy atom. The number of hydrogen-bond acceptors (Lipinski definition) is 5. The zero-order valence-electron chi connectivity index (χ0n) is 15.8. The van der Waals surface area contributed by atoms with Crippen LogP contribution in [0.15, 0.2) is 53.7 Å². The van der Waals surface area contributed by atoms with Crippen LogP contribution in [-0.2, 0) is 30.7 Å². The van der Waals surface area contributed by atoms with Gasteiger partial charge in [-0.05, 0) is 18.2 Å². The molecule has 1 aromatic carbocycles. The van der Waals surface area contributed by atoms with Gasteiger partial charge in [0.15, 0.2) is 15.3 Å². The lowest BCUT2D eigenvalue weighted by atomic mass is 9.89. The third kappa shape index (κ3) is 3.83. The summed E-state index contributed by atoms with van der Waals surface area (Å²) < 4.78 is 46.8.